The van der Waals surface area contributed by atoms with Crippen LogP contribution < -0.4 is 10.6 Å². The number of rotatable bonds is 8. The molecule has 0 aliphatic carbocycles. The number of aromatic nitrogens is 4. The maximum atomic E-state index is 13.6. The largest absolute Gasteiger partial charge is 0.354 e. The summed E-state index contributed by atoms with van der Waals surface area (Å²) >= 11 is 0. The van der Waals surface area contributed by atoms with Gasteiger partial charge in [-0.25, -0.2) is 19.3 Å². The molecule has 0 spiro atoms. The van der Waals surface area contributed by atoms with Crippen LogP contribution in [0.2, 0.25) is 0 Å². The summed E-state index contributed by atoms with van der Waals surface area (Å²) in [7, 11) is 0. The highest BCUT2D eigenvalue weighted by molar-refractivity contribution is 5.82. The minimum absolute atomic E-state index is 0.0368. The van der Waals surface area contributed by atoms with Crippen LogP contribution in [-0.4, -0.2) is 52.1 Å². The normalized spacial score (nSPS) is 19.2. The first-order valence-corrected chi connectivity index (χ1v) is 11.1. The van der Waals surface area contributed by atoms with Gasteiger partial charge in [0, 0.05) is 18.3 Å². The molecule has 0 unspecified atom stereocenters. The van der Waals surface area contributed by atoms with Gasteiger partial charge in [0.05, 0.1) is 54.3 Å². The van der Waals surface area contributed by atoms with Gasteiger partial charge in [-0.1, -0.05) is 0 Å². The second kappa shape index (κ2) is 10.9. The van der Waals surface area contributed by atoms with E-state index in [-0.39, 0.29) is 50.4 Å². The number of carbonyl (C=O) groups is 1. The van der Waals surface area contributed by atoms with E-state index >= 15 is 0 Å². The van der Waals surface area contributed by atoms with Crippen molar-refractivity contribution < 1.29 is 18.7 Å². The molecule has 4 rings (SSSR count). The van der Waals surface area contributed by atoms with E-state index in [1.807, 2.05) is 12.1 Å². The van der Waals surface area contributed by atoms with E-state index in [1.54, 1.807) is 31.3 Å². The molecular weight excluding hydrogens is 467 g/mol. The van der Waals surface area contributed by atoms with Crippen molar-refractivity contribution in [1.29, 1.82) is 10.5 Å². The maximum absolute atomic E-state index is 13.6. The summed E-state index contributed by atoms with van der Waals surface area (Å²) in [5.41, 5.74) is 1.21. The van der Waals surface area contributed by atoms with Gasteiger partial charge in [-0.2, -0.15) is 10.5 Å². The number of nitriles is 2. The van der Waals surface area contributed by atoms with E-state index in [0.717, 1.165) is 0 Å². The molecule has 1 aromatic carbocycles. The third-order valence-corrected chi connectivity index (χ3v) is 5.48. The van der Waals surface area contributed by atoms with Crippen LogP contribution in [0, 0.1) is 33.9 Å². The Balaban J connectivity index is 1.60. The number of ether oxygens (including phenoxy) is 2. The Labute approximate surface area is 206 Å². The monoisotopic (exact) mass is 490 g/mol. The number of nitrogens with zero attached hydrogens (tertiary/aromatic N) is 5. The second-order valence-electron chi connectivity index (χ2n) is 8.31. The molecule has 1 aliphatic rings. The van der Waals surface area contributed by atoms with E-state index in [4.69, 9.17) is 20.0 Å². The van der Waals surface area contributed by atoms with E-state index in [2.05, 4.69) is 30.6 Å². The minimum Gasteiger partial charge on any atom is -0.354 e. The standard InChI is InChI=1S/C24H23FN8O3/c1-24(22(34)28-10-2-8-26)13-35-21(36-14-24)20-32-18(15-3-5-16(25)6-4-15)19(33-20)17-7-11-29-23(31-17)30-12-9-27/h3-7,11,21H,2,10,12-14H2,1H3,(H,28,34)(H,32,33)(H,29,30,31). The maximum Gasteiger partial charge on any atom is 0.230 e. The van der Waals surface area contributed by atoms with Crippen molar-refractivity contribution in [2.45, 2.75) is 19.6 Å². The van der Waals surface area contributed by atoms with Gasteiger partial charge in [0.25, 0.3) is 0 Å². The molecule has 1 fully saturated rings. The van der Waals surface area contributed by atoms with E-state index in [0.29, 0.717) is 28.5 Å². The fourth-order valence-corrected chi connectivity index (χ4v) is 3.55. The number of amides is 1. The summed E-state index contributed by atoms with van der Waals surface area (Å²) < 4.78 is 25.3. The topological polar surface area (TPSA) is 162 Å². The number of halogens is 1. The van der Waals surface area contributed by atoms with Gasteiger partial charge in [-0.15, -0.1) is 0 Å². The molecule has 12 heteroatoms. The highest BCUT2D eigenvalue weighted by Crippen LogP contribution is 2.35. The van der Waals surface area contributed by atoms with Gasteiger partial charge in [0.15, 0.2) is 5.82 Å². The molecule has 3 heterocycles. The number of nitrogens with one attached hydrogen (secondary N) is 3. The zero-order valence-electron chi connectivity index (χ0n) is 19.4. The number of imidazole rings is 1. The number of aromatic amines is 1. The Morgan fingerprint density at radius 2 is 1.94 bits per heavy atom. The summed E-state index contributed by atoms with van der Waals surface area (Å²) in [6.07, 6.45) is 0.876. The van der Waals surface area contributed by atoms with Crippen LogP contribution >= 0.6 is 0 Å². The smallest absolute Gasteiger partial charge is 0.230 e. The van der Waals surface area contributed by atoms with Crippen LogP contribution in [0.4, 0.5) is 10.3 Å². The van der Waals surface area contributed by atoms with Crippen molar-refractivity contribution in [2.24, 2.45) is 5.41 Å². The van der Waals surface area contributed by atoms with Gasteiger partial charge in [0.1, 0.15) is 12.4 Å². The van der Waals surface area contributed by atoms with Crippen LogP contribution in [0.5, 0.6) is 0 Å². The zero-order valence-corrected chi connectivity index (χ0v) is 19.4. The quantitative estimate of drug-likeness (QED) is 0.318. The Morgan fingerprint density at radius 3 is 2.64 bits per heavy atom. The lowest BCUT2D eigenvalue weighted by atomic mass is 9.91. The lowest BCUT2D eigenvalue weighted by molar-refractivity contribution is -0.231. The molecule has 184 valence electrons. The highest BCUT2D eigenvalue weighted by atomic mass is 19.1. The predicted octanol–water partition coefficient (Wildman–Crippen LogP) is 2.69. The van der Waals surface area contributed by atoms with Gasteiger partial charge in [0.2, 0.25) is 18.1 Å². The number of hydrogen-bond acceptors (Lipinski definition) is 9. The van der Waals surface area contributed by atoms with Crippen molar-refractivity contribution >= 4 is 11.9 Å². The molecule has 2 aromatic heterocycles. The lowest BCUT2D eigenvalue weighted by Gasteiger charge is -2.35. The van der Waals surface area contributed by atoms with E-state index in [9.17, 15) is 9.18 Å². The molecule has 0 radical (unpaired) electrons. The molecule has 3 aromatic rings. The summed E-state index contributed by atoms with van der Waals surface area (Å²) in [5, 5.41) is 23.0. The third kappa shape index (κ3) is 5.46. The second-order valence-corrected chi connectivity index (χ2v) is 8.31. The number of carbonyl (C=O) groups excluding carboxylic acids is 1. The summed E-state index contributed by atoms with van der Waals surface area (Å²) in [6.45, 7) is 2.16. The van der Waals surface area contributed by atoms with Crippen molar-refractivity contribution in [1.82, 2.24) is 25.3 Å². The van der Waals surface area contributed by atoms with Crippen LogP contribution in [0.15, 0.2) is 36.5 Å². The van der Waals surface area contributed by atoms with Crippen LogP contribution in [-0.2, 0) is 14.3 Å². The Morgan fingerprint density at radius 1 is 1.19 bits per heavy atom. The van der Waals surface area contributed by atoms with Gasteiger partial charge >= 0.3 is 0 Å². The Kier molecular flexibility index (Phi) is 7.49. The summed E-state index contributed by atoms with van der Waals surface area (Å²) in [4.78, 5) is 28.9. The van der Waals surface area contributed by atoms with Crippen LogP contribution in [0.3, 0.4) is 0 Å². The molecule has 1 aliphatic heterocycles. The van der Waals surface area contributed by atoms with E-state index < -0.39 is 11.7 Å². The molecule has 0 saturated carbocycles. The number of hydrogen-bond donors (Lipinski definition) is 3. The fourth-order valence-electron chi connectivity index (χ4n) is 3.55. The average molecular weight is 490 g/mol. The first kappa shape index (κ1) is 24.7. The molecule has 0 bridgehead atoms. The zero-order chi connectivity index (χ0) is 25.5. The van der Waals surface area contributed by atoms with Gasteiger partial charge < -0.3 is 25.1 Å². The van der Waals surface area contributed by atoms with Crippen molar-refractivity contribution in [3.8, 4) is 34.8 Å². The fraction of sp³-hybridized carbons (Fsp3) is 0.333. The predicted molar refractivity (Wildman–Crippen MR) is 125 cm³/mol. The molecule has 1 amide bonds. The molecule has 11 nitrogen and oxygen atoms in total. The van der Waals surface area contributed by atoms with Crippen molar-refractivity contribution in [3.05, 3.63) is 48.2 Å². The molecule has 36 heavy (non-hydrogen) atoms. The lowest BCUT2D eigenvalue weighted by Crippen LogP contribution is -2.48. The first-order chi connectivity index (χ1) is 17.4. The first-order valence-electron chi connectivity index (χ1n) is 11.1. The van der Waals surface area contributed by atoms with Gasteiger partial charge in [-0.05, 0) is 37.3 Å². The number of anilines is 1. The highest BCUT2D eigenvalue weighted by Gasteiger charge is 2.40. The third-order valence-electron chi connectivity index (χ3n) is 5.48. The van der Waals surface area contributed by atoms with Gasteiger partial charge in [-0.3, -0.25) is 4.79 Å². The number of H-pyrrole nitrogens is 1. The Bertz CT molecular complexity index is 1300. The molecule has 1 saturated heterocycles. The summed E-state index contributed by atoms with van der Waals surface area (Å²) in [5.74, 6) is -0.0332. The Hall–Kier alpha value is -4.39. The van der Waals surface area contributed by atoms with Crippen LogP contribution in [0.1, 0.15) is 25.5 Å². The number of benzene rings is 1. The molecule has 3 N–H and O–H groups in total. The van der Waals surface area contributed by atoms with Crippen molar-refractivity contribution in [3.63, 3.8) is 0 Å². The SMILES string of the molecule is CC1(C(=O)NCCC#N)COC(c2nc(-c3ccc(F)cc3)c(-c3ccnc(NCC#N)n3)[nH]2)OC1. The van der Waals surface area contributed by atoms with Crippen LogP contribution in [0.25, 0.3) is 22.6 Å². The molecular formula is C24H23FN8O3. The van der Waals surface area contributed by atoms with Crippen molar-refractivity contribution in [2.75, 3.05) is 31.6 Å². The molecule has 0 atom stereocenters. The minimum atomic E-state index is -0.921. The van der Waals surface area contributed by atoms with E-state index in [1.165, 1.54) is 12.1 Å². The average Bonchev–Trinajstić information content (AvgIpc) is 3.34. The summed E-state index contributed by atoms with van der Waals surface area (Å²) in [6, 6.07) is 11.5.